The van der Waals surface area contributed by atoms with Crippen molar-refractivity contribution in [3.63, 3.8) is 0 Å². The number of allylic oxidation sites excluding steroid dienone is 4. The minimum absolute atomic E-state index is 0.117. The topological polar surface area (TPSA) is 94.7 Å². The Hall–Kier alpha value is -4.20. The molecule has 3 heterocycles. The van der Waals surface area contributed by atoms with E-state index in [2.05, 4.69) is 43.7 Å². The number of ether oxygens (including phenoxy) is 2. The van der Waals surface area contributed by atoms with Crippen LogP contribution in [0.2, 0.25) is 0 Å². The third-order valence-corrected chi connectivity index (χ3v) is 5.17. The van der Waals surface area contributed by atoms with Crippen LogP contribution in [0.25, 0.3) is 11.5 Å². The lowest BCUT2D eigenvalue weighted by atomic mass is 10.0. The zero-order chi connectivity index (χ0) is 22.3. The number of aromatic nitrogens is 3. The van der Waals surface area contributed by atoms with Gasteiger partial charge in [-0.15, -0.1) is 5.10 Å². The molecule has 5 rings (SSSR count). The number of benzene rings is 1. The Morgan fingerprint density at radius 3 is 2.94 bits per heavy atom. The molecule has 0 bridgehead atoms. The van der Waals surface area contributed by atoms with Gasteiger partial charge in [-0.05, 0) is 36.6 Å². The van der Waals surface area contributed by atoms with Gasteiger partial charge in [-0.3, -0.25) is 4.98 Å². The average Bonchev–Trinajstić information content (AvgIpc) is 3.33. The van der Waals surface area contributed by atoms with Crippen LogP contribution in [-0.4, -0.2) is 27.7 Å². The first-order chi connectivity index (χ1) is 16.3. The summed E-state index contributed by atoms with van der Waals surface area (Å²) in [5, 5.41) is 11.6. The van der Waals surface area contributed by atoms with Crippen molar-refractivity contribution < 1.29 is 13.9 Å². The summed E-state index contributed by atoms with van der Waals surface area (Å²) in [6.07, 6.45) is 14.3. The summed E-state index contributed by atoms with van der Waals surface area (Å²) in [5.41, 5.74) is 4.04. The van der Waals surface area contributed by atoms with Gasteiger partial charge in [-0.2, -0.15) is 4.99 Å². The molecule has 0 unspecified atom stereocenters. The van der Waals surface area contributed by atoms with Gasteiger partial charge in [-0.1, -0.05) is 47.1 Å². The zero-order valence-electron chi connectivity index (χ0n) is 18.0. The maximum Gasteiger partial charge on any atom is 0.345 e. The molecule has 0 fully saturated rings. The van der Waals surface area contributed by atoms with Crippen LogP contribution in [0.3, 0.4) is 0 Å². The molecule has 1 aromatic carbocycles. The molecule has 1 aliphatic heterocycles. The average molecular weight is 441 g/mol. The standard InChI is InChI=1S/C25H23N5O3/c1-2-7-18(8-3-1)13-20-16-31-17-23(32-20)28-25-30-29-24(33-25)21-10-4-5-11-22(21)27-15-19-9-6-12-26-14-19/h1-2,4-7,9-12,14,16,27H,3,8,13,15,17H2. The lowest BCUT2D eigenvalue weighted by Crippen LogP contribution is -2.16. The van der Waals surface area contributed by atoms with E-state index in [0.29, 0.717) is 30.5 Å². The fourth-order valence-electron chi connectivity index (χ4n) is 3.57. The van der Waals surface area contributed by atoms with Crippen LogP contribution in [0, 0.1) is 0 Å². The number of anilines is 1. The van der Waals surface area contributed by atoms with Crippen LogP contribution >= 0.6 is 0 Å². The number of hydrogen-bond acceptors (Lipinski definition) is 8. The quantitative estimate of drug-likeness (QED) is 0.530. The van der Waals surface area contributed by atoms with Crippen LogP contribution in [0.1, 0.15) is 24.8 Å². The second-order valence-corrected chi connectivity index (χ2v) is 7.62. The third-order valence-electron chi connectivity index (χ3n) is 5.17. The van der Waals surface area contributed by atoms with E-state index in [9.17, 15) is 0 Å². The minimum Gasteiger partial charge on any atom is -0.488 e. The molecule has 1 N–H and O–H groups in total. The molecule has 0 amide bonds. The van der Waals surface area contributed by atoms with E-state index in [-0.39, 0.29) is 12.6 Å². The molecule has 33 heavy (non-hydrogen) atoms. The first kappa shape index (κ1) is 20.7. The van der Waals surface area contributed by atoms with Crippen LogP contribution in [-0.2, 0) is 16.0 Å². The van der Waals surface area contributed by atoms with Gasteiger partial charge < -0.3 is 19.2 Å². The Bertz CT molecular complexity index is 1230. The Morgan fingerprint density at radius 2 is 2.06 bits per heavy atom. The van der Waals surface area contributed by atoms with E-state index in [1.807, 2.05) is 42.6 Å². The van der Waals surface area contributed by atoms with Gasteiger partial charge >= 0.3 is 6.01 Å². The Labute approximate surface area is 191 Å². The van der Waals surface area contributed by atoms with E-state index >= 15 is 0 Å². The van der Waals surface area contributed by atoms with Gasteiger partial charge in [0.05, 0.1) is 5.56 Å². The van der Waals surface area contributed by atoms with E-state index in [1.54, 1.807) is 12.5 Å². The van der Waals surface area contributed by atoms with E-state index < -0.39 is 0 Å². The van der Waals surface area contributed by atoms with Gasteiger partial charge in [0.2, 0.25) is 5.90 Å². The summed E-state index contributed by atoms with van der Waals surface area (Å²) in [5.74, 6) is 1.47. The minimum atomic E-state index is 0.117. The zero-order valence-corrected chi connectivity index (χ0v) is 18.0. The van der Waals surface area contributed by atoms with Gasteiger partial charge in [0, 0.05) is 31.0 Å². The van der Waals surface area contributed by atoms with Crippen LogP contribution in [0.5, 0.6) is 0 Å². The van der Waals surface area contributed by atoms with Gasteiger partial charge in [-0.25, -0.2) is 0 Å². The highest BCUT2D eigenvalue weighted by atomic mass is 16.6. The van der Waals surface area contributed by atoms with Crippen molar-refractivity contribution in [2.75, 3.05) is 11.9 Å². The number of para-hydroxylation sites is 1. The smallest absolute Gasteiger partial charge is 0.345 e. The molecule has 0 saturated heterocycles. The van der Waals surface area contributed by atoms with E-state index in [0.717, 1.165) is 29.7 Å². The van der Waals surface area contributed by atoms with E-state index in [1.165, 1.54) is 5.57 Å². The molecule has 166 valence electrons. The van der Waals surface area contributed by atoms with Crippen molar-refractivity contribution in [3.8, 4) is 11.5 Å². The summed E-state index contributed by atoms with van der Waals surface area (Å²) in [7, 11) is 0. The molecule has 8 nitrogen and oxygen atoms in total. The second-order valence-electron chi connectivity index (χ2n) is 7.62. The van der Waals surface area contributed by atoms with Crippen LogP contribution < -0.4 is 5.32 Å². The van der Waals surface area contributed by atoms with Gasteiger partial charge in [0.1, 0.15) is 12.0 Å². The highest BCUT2D eigenvalue weighted by molar-refractivity contribution is 5.81. The Kier molecular flexibility index (Phi) is 6.24. The summed E-state index contributed by atoms with van der Waals surface area (Å²) in [4.78, 5) is 8.50. The second kappa shape index (κ2) is 9.95. The predicted molar refractivity (Wildman–Crippen MR) is 125 cm³/mol. The van der Waals surface area contributed by atoms with Gasteiger partial charge in [0.25, 0.3) is 5.89 Å². The molecular weight excluding hydrogens is 418 g/mol. The number of rotatable bonds is 7. The van der Waals surface area contributed by atoms with Crippen molar-refractivity contribution in [3.05, 3.63) is 90.2 Å². The maximum absolute atomic E-state index is 5.89. The molecule has 0 saturated carbocycles. The number of hydrogen-bond donors (Lipinski definition) is 1. The monoisotopic (exact) mass is 441 g/mol. The maximum atomic E-state index is 5.89. The predicted octanol–water partition coefficient (Wildman–Crippen LogP) is 5.33. The van der Waals surface area contributed by atoms with Crippen LogP contribution in [0.15, 0.2) is 94.0 Å². The Morgan fingerprint density at radius 1 is 1.09 bits per heavy atom. The summed E-state index contributed by atoms with van der Waals surface area (Å²) < 4.78 is 17.2. The molecule has 1 aliphatic carbocycles. The SMILES string of the molecule is C1=CCCC(CC2=COCC(=Nc3nnc(-c4ccccc4NCc4cccnc4)o3)O2)=C1. The normalized spacial score (nSPS) is 16.5. The fourth-order valence-corrected chi connectivity index (χ4v) is 3.57. The van der Waals surface area contributed by atoms with Crippen LogP contribution in [0.4, 0.5) is 11.7 Å². The number of aliphatic imine (C=N–C) groups is 1. The lowest BCUT2D eigenvalue weighted by molar-refractivity contribution is 0.211. The summed E-state index contributed by atoms with van der Waals surface area (Å²) in [6.45, 7) is 0.837. The molecule has 0 atom stereocenters. The first-order valence-corrected chi connectivity index (χ1v) is 10.8. The molecule has 0 radical (unpaired) electrons. The molecule has 8 heteroatoms. The fraction of sp³-hybridized carbons (Fsp3) is 0.200. The number of nitrogens with one attached hydrogen (secondary N) is 1. The van der Waals surface area contributed by atoms with Crippen molar-refractivity contribution >= 4 is 17.6 Å². The number of nitrogens with zero attached hydrogens (tertiary/aromatic N) is 4. The van der Waals surface area contributed by atoms with Gasteiger partial charge in [0.15, 0.2) is 6.61 Å². The Balaban J connectivity index is 1.28. The largest absolute Gasteiger partial charge is 0.488 e. The highest BCUT2D eigenvalue weighted by Gasteiger charge is 2.17. The lowest BCUT2D eigenvalue weighted by Gasteiger charge is -2.18. The molecular formula is C25H23N5O3. The van der Waals surface area contributed by atoms with Crippen molar-refractivity contribution in [2.45, 2.75) is 25.8 Å². The molecule has 3 aromatic rings. The first-order valence-electron chi connectivity index (χ1n) is 10.8. The summed E-state index contributed by atoms with van der Waals surface area (Å²) in [6, 6.07) is 11.8. The third kappa shape index (κ3) is 5.35. The van der Waals surface area contributed by atoms with Crippen molar-refractivity contribution in [2.24, 2.45) is 4.99 Å². The molecule has 2 aromatic heterocycles. The highest BCUT2D eigenvalue weighted by Crippen LogP contribution is 2.29. The van der Waals surface area contributed by atoms with Crippen molar-refractivity contribution in [1.82, 2.24) is 15.2 Å². The molecule has 0 spiro atoms. The van der Waals surface area contributed by atoms with E-state index in [4.69, 9.17) is 13.9 Å². The summed E-state index contributed by atoms with van der Waals surface area (Å²) >= 11 is 0. The molecule has 2 aliphatic rings. The number of pyridine rings is 1. The van der Waals surface area contributed by atoms with Crippen molar-refractivity contribution in [1.29, 1.82) is 0 Å².